The van der Waals surface area contributed by atoms with Gasteiger partial charge in [0.2, 0.25) is 0 Å². The number of aromatic nitrogens is 2. The number of rotatable bonds is 6. The SMILES string of the molecule is CCNCCc1c(C)nn(Cc2c(F)cccc2F)c1C. The van der Waals surface area contributed by atoms with Crippen molar-refractivity contribution in [2.45, 2.75) is 33.7 Å². The van der Waals surface area contributed by atoms with Gasteiger partial charge in [-0.3, -0.25) is 4.68 Å². The zero-order chi connectivity index (χ0) is 15.4. The van der Waals surface area contributed by atoms with Gasteiger partial charge in [-0.05, 0) is 51.1 Å². The molecule has 2 rings (SSSR count). The maximum absolute atomic E-state index is 13.7. The third-order valence-corrected chi connectivity index (χ3v) is 3.70. The third kappa shape index (κ3) is 3.47. The second-order valence-electron chi connectivity index (χ2n) is 5.11. The van der Waals surface area contributed by atoms with E-state index in [-0.39, 0.29) is 12.1 Å². The van der Waals surface area contributed by atoms with Crippen LogP contribution < -0.4 is 5.32 Å². The van der Waals surface area contributed by atoms with Gasteiger partial charge in [-0.1, -0.05) is 13.0 Å². The predicted octanol–water partition coefficient (Wildman–Crippen LogP) is 2.98. The van der Waals surface area contributed by atoms with Crippen LogP contribution in [0, 0.1) is 25.5 Å². The lowest BCUT2D eigenvalue weighted by molar-refractivity contribution is 0.528. The van der Waals surface area contributed by atoms with Gasteiger partial charge in [-0.15, -0.1) is 0 Å². The highest BCUT2D eigenvalue weighted by molar-refractivity contribution is 5.27. The molecule has 0 fully saturated rings. The van der Waals surface area contributed by atoms with Crippen LogP contribution in [0.3, 0.4) is 0 Å². The molecule has 5 heteroatoms. The first-order valence-corrected chi connectivity index (χ1v) is 7.21. The average molecular weight is 293 g/mol. The minimum atomic E-state index is -0.531. The first-order chi connectivity index (χ1) is 10.0. The molecular formula is C16H21F2N3. The Balaban J connectivity index is 2.23. The summed E-state index contributed by atoms with van der Waals surface area (Å²) in [6.07, 6.45) is 0.866. The van der Waals surface area contributed by atoms with Crippen molar-refractivity contribution in [1.29, 1.82) is 0 Å². The Morgan fingerprint density at radius 3 is 2.43 bits per heavy atom. The summed E-state index contributed by atoms with van der Waals surface area (Å²) in [5.74, 6) is -1.06. The smallest absolute Gasteiger partial charge is 0.131 e. The summed E-state index contributed by atoms with van der Waals surface area (Å²) in [5.41, 5.74) is 3.09. The molecule has 0 bridgehead atoms. The van der Waals surface area contributed by atoms with E-state index in [1.54, 1.807) is 4.68 Å². The number of halogens is 2. The quantitative estimate of drug-likeness (QED) is 0.830. The van der Waals surface area contributed by atoms with E-state index in [1.807, 2.05) is 13.8 Å². The Hall–Kier alpha value is -1.75. The van der Waals surface area contributed by atoms with Crippen LogP contribution in [-0.2, 0) is 13.0 Å². The molecule has 3 nitrogen and oxygen atoms in total. The monoisotopic (exact) mass is 293 g/mol. The van der Waals surface area contributed by atoms with E-state index in [1.165, 1.54) is 18.2 Å². The fourth-order valence-electron chi connectivity index (χ4n) is 2.47. The molecule has 1 heterocycles. The fourth-order valence-corrected chi connectivity index (χ4v) is 2.47. The maximum atomic E-state index is 13.7. The van der Waals surface area contributed by atoms with E-state index >= 15 is 0 Å². The van der Waals surface area contributed by atoms with Gasteiger partial charge < -0.3 is 5.32 Å². The van der Waals surface area contributed by atoms with E-state index in [2.05, 4.69) is 17.3 Å². The van der Waals surface area contributed by atoms with Crippen LogP contribution in [0.25, 0.3) is 0 Å². The van der Waals surface area contributed by atoms with Gasteiger partial charge in [0.25, 0.3) is 0 Å². The van der Waals surface area contributed by atoms with E-state index in [9.17, 15) is 8.78 Å². The molecular weight excluding hydrogens is 272 g/mol. The normalized spacial score (nSPS) is 11.1. The molecule has 0 aliphatic rings. The topological polar surface area (TPSA) is 29.9 Å². The summed E-state index contributed by atoms with van der Waals surface area (Å²) in [6, 6.07) is 3.92. The second-order valence-corrected chi connectivity index (χ2v) is 5.11. The van der Waals surface area contributed by atoms with Crippen molar-refractivity contribution in [1.82, 2.24) is 15.1 Å². The van der Waals surface area contributed by atoms with Gasteiger partial charge in [-0.25, -0.2) is 8.78 Å². The van der Waals surface area contributed by atoms with E-state index < -0.39 is 11.6 Å². The second kappa shape index (κ2) is 6.80. The van der Waals surface area contributed by atoms with Crippen molar-refractivity contribution in [3.63, 3.8) is 0 Å². The van der Waals surface area contributed by atoms with Crippen LogP contribution in [0.1, 0.15) is 29.4 Å². The molecule has 0 saturated carbocycles. The zero-order valence-electron chi connectivity index (χ0n) is 12.7. The largest absolute Gasteiger partial charge is 0.317 e. The summed E-state index contributed by atoms with van der Waals surface area (Å²) in [6.45, 7) is 7.85. The first-order valence-electron chi connectivity index (χ1n) is 7.21. The van der Waals surface area contributed by atoms with E-state index in [0.29, 0.717) is 0 Å². The summed E-state index contributed by atoms with van der Waals surface area (Å²) < 4.78 is 29.1. The Morgan fingerprint density at radius 2 is 1.81 bits per heavy atom. The number of nitrogens with zero attached hydrogens (tertiary/aromatic N) is 2. The Bertz CT molecular complexity index is 600. The van der Waals surface area contributed by atoms with Crippen molar-refractivity contribution in [2.24, 2.45) is 0 Å². The average Bonchev–Trinajstić information content (AvgIpc) is 2.70. The highest BCUT2D eigenvalue weighted by Crippen LogP contribution is 2.18. The molecule has 0 spiro atoms. The minimum Gasteiger partial charge on any atom is -0.317 e. The zero-order valence-corrected chi connectivity index (χ0v) is 12.7. The van der Waals surface area contributed by atoms with Crippen LogP contribution >= 0.6 is 0 Å². The standard InChI is InChI=1S/C16H21F2N3/c1-4-19-9-8-13-11(2)20-21(12(13)3)10-14-15(17)6-5-7-16(14)18/h5-7,19H,4,8-10H2,1-3H3. The number of benzene rings is 1. The van der Waals surface area contributed by atoms with E-state index in [4.69, 9.17) is 0 Å². The van der Waals surface area contributed by atoms with Crippen LogP contribution in [0.4, 0.5) is 8.78 Å². The Labute approximate surface area is 124 Å². The summed E-state index contributed by atoms with van der Waals surface area (Å²) >= 11 is 0. The molecule has 1 N–H and O–H groups in total. The lowest BCUT2D eigenvalue weighted by Crippen LogP contribution is -2.16. The van der Waals surface area contributed by atoms with Gasteiger partial charge in [0, 0.05) is 11.3 Å². The third-order valence-electron chi connectivity index (χ3n) is 3.70. The van der Waals surface area contributed by atoms with Crippen molar-refractivity contribution in [3.05, 3.63) is 52.3 Å². The molecule has 114 valence electrons. The molecule has 0 unspecified atom stereocenters. The van der Waals surface area contributed by atoms with Crippen molar-refractivity contribution in [2.75, 3.05) is 13.1 Å². The molecule has 0 radical (unpaired) electrons. The van der Waals surface area contributed by atoms with Crippen molar-refractivity contribution < 1.29 is 8.78 Å². The number of likely N-dealkylation sites (N-methyl/N-ethyl adjacent to an activating group) is 1. The molecule has 0 atom stereocenters. The summed E-state index contributed by atoms with van der Waals surface area (Å²) in [7, 11) is 0. The highest BCUT2D eigenvalue weighted by Gasteiger charge is 2.15. The number of aryl methyl sites for hydroxylation is 1. The molecule has 0 saturated heterocycles. The lowest BCUT2D eigenvalue weighted by Gasteiger charge is -2.08. The number of nitrogens with one attached hydrogen (secondary N) is 1. The van der Waals surface area contributed by atoms with Gasteiger partial charge in [0.05, 0.1) is 12.2 Å². The van der Waals surface area contributed by atoms with Crippen LogP contribution in [-0.4, -0.2) is 22.9 Å². The predicted molar refractivity (Wildman–Crippen MR) is 79.4 cm³/mol. The van der Waals surface area contributed by atoms with Crippen LogP contribution in [0.15, 0.2) is 18.2 Å². The molecule has 1 aromatic heterocycles. The summed E-state index contributed by atoms with van der Waals surface area (Å²) in [4.78, 5) is 0. The molecule has 1 aromatic carbocycles. The first kappa shape index (κ1) is 15.6. The minimum absolute atomic E-state index is 0.0568. The van der Waals surface area contributed by atoms with Crippen LogP contribution in [0.5, 0.6) is 0 Å². The maximum Gasteiger partial charge on any atom is 0.131 e. The van der Waals surface area contributed by atoms with Gasteiger partial charge in [-0.2, -0.15) is 5.10 Å². The number of hydrogen-bond donors (Lipinski definition) is 1. The van der Waals surface area contributed by atoms with Crippen LogP contribution in [0.2, 0.25) is 0 Å². The van der Waals surface area contributed by atoms with E-state index in [0.717, 1.165) is 36.5 Å². The highest BCUT2D eigenvalue weighted by atomic mass is 19.1. The fraction of sp³-hybridized carbons (Fsp3) is 0.438. The lowest BCUT2D eigenvalue weighted by atomic mass is 10.1. The summed E-state index contributed by atoms with van der Waals surface area (Å²) in [5, 5.41) is 7.69. The van der Waals surface area contributed by atoms with Gasteiger partial charge in [0.1, 0.15) is 11.6 Å². The molecule has 2 aromatic rings. The Kier molecular flexibility index (Phi) is 5.07. The Morgan fingerprint density at radius 1 is 1.14 bits per heavy atom. The molecule has 0 amide bonds. The van der Waals surface area contributed by atoms with Gasteiger partial charge >= 0.3 is 0 Å². The molecule has 0 aliphatic heterocycles. The molecule has 0 aliphatic carbocycles. The van der Waals surface area contributed by atoms with Crippen molar-refractivity contribution in [3.8, 4) is 0 Å². The van der Waals surface area contributed by atoms with Gasteiger partial charge in [0.15, 0.2) is 0 Å². The number of hydrogen-bond acceptors (Lipinski definition) is 2. The van der Waals surface area contributed by atoms with Crippen molar-refractivity contribution >= 4 is 0 Å². The molecule has 21 heavy (non-hydrogen) atoms.